The van der Waals surface area contributed by atoms with Gasteiger partial charge in [0.2, 0.25) is 5.91 Å². The molecule has 1 atom stereocenters. The van der Waals surface area contributed by atoms with E-state index in [1.54, 1.807) is 6.07 Å². The largest absolute Gasteiger partial charge is 0.354 e. The maximum atomic E-state index is 11.0. The highest BCUT2D eigenvalue weighted by molar-refractivity contribution is 5.73. The van der Waals surface area contributed by atoms with Gasteiger partial charge in [-0.15, -0.1) is 6.42 Å². The number of aromatic nitrogens is 2. The quantitative estimate of drug-likeness (QED) is 0.736. The van der Waals surface area contributed by atoms with Crippen molar-refractivity contribution < 1.29 is 4.79 Å². The zero-order valence-electron chi connectivity index (χ0n) is 9.68. The predicted molar refractivity (Wildman–Crippen MR) is 64.4 cm³/mol. The second-order valence-corrected chi connectivity index (χ2v) is 4.04. The second-order valence-electron chi connectivity index (χ2n) is 4.04. The van der Waals surface area contributed by atoms with E-state index in [9.17, 15) is 4.79 Å². The molecule has 1 aromatic rings. The van der Waals surface area contributed by atoms with Gasteiger partial charge in [-0.05, 0) is 6.42 Å². The molecule has 1 fully saturated rings. The van der Waals surface area contributed by atoms with Gasteiger partial charge >= 0.3 is 0 Å². The van der Waals surface area contributed by atoms with E-state index in [-0.39, 0.29) is 11.9 Å². The number of hydrogen-bond acceptors (Lipinski definition) is 4. The summed E-state index contributed by atoms with van der Waals surface area (Å²) < 4.78 is 0. The van der Waals surface area contributed by atoms with Crippen LogP contribution in [0.25, 0.3) is 0 Å². The van der Waals surface area contributed by atoms with Crippen LogP contribution < -0.4 is 10.2 Å². The predicted octanol–water partition coefficient (Wildman–Crippen LogP) is 0.173. The van der Waals surface area contributed by atoms with Crippen LogP contribution in [-0.2, 0) is 4.79 Å². The lowest BCUT2D eigenvalue weighted by molar-refractivity contribution is -0.119. The van der Waals surface area contributed by atoms with Crippen LogP contribution in [0, 0.1) is 12.3 Å². The van der Waals surface area contributed by atoms with E-state index in [0.29, 0.717) is 5.69 Å². The number of hydrogen-bond donors (Lipinski definition) is 1. The molecule has 0 aromatic carbocycles. The summed E-state index contributed by atoms with van der Waals surface area (Å²) in [6.07, 6.45) is 7.69. The van der Waals surface area contributed by atoms with Gasteiger partial charge in [-0.25, -0.2) is 9.97 Å². The summed E-state index contributed by atoms with van der Waals surface area (Å²) in [5.74, 6) is 3.31. The minimum absolute atomic E-state index is 0.00357. The van der Waals surface area contributed by atoms with Crippen LogP contribution in [-0.4, -0.2) is 35.0 Å². The molecule has 1 aliphatic heterocycles. The van der Waals surface area contributed by atoms with E-state index in [4.69, 9.17) is 6.42 Å². The second kappa shape index (κ2) is 4.83. The van der Waals surface area contributed by atoms with Crippen LogP contribution in [0.1, 0.15) is 19.0 Å². The molecule has 5 heteroatoms. The molecule has 1 aromatic heterocycles. The average Bonchev–Trinajstić information content (AvgIpc) is 2.77. The third-order valence-corrected chi connectivity index (χ3v) is 2.72. The highest BCUT2D eigenvalue weighted by Gasteiger charge is 2.23. The highest BCUT2D eigenvalue weighted by Crippen LogP contribution is 2.17. The molecule has 1 N–H and O–H groups in total. The molecule has 1 aliphatic rings. The highest BCUT2D eigenvalue weighted by atomic mass is 16.1. The zero-order chi connectivity index (χ0) is 12.3. The van der Waals surface area contributed by atoms with Crippen LogP contribution in [0.5, 0.6) is 0 Å². The van der Waals surface area contributed by atoms with Crippen LogP contribution in [0.3, 0.4) is 0 Å². The summed E-state index contributed by atoms with van der Waals surface area (Å²) >= 11 is 0. The van der Waals surface area contributed by atoms with Gasteiger partial charge in [0.1, 0.15) is 17.8 Å². The SMILES string of the molecule is C#Cc1cc(N2CCC(NC(C)=O)C2)ncn1. The van der Waals surface area contributed by atoms with Crippen molar-refractivity contribution >= 4 is 11.7 Å². The fraction of sp³-hybridized carbons (Fsp3) is 0.417. The Balaban J connectivity index is 2.05. The first kappa shape index (κ1) is 11.4. The van der Waals surface area contributed by atoms with Crippen molar-refractivity contribution in [3.63, 3.8) is 0 Å². The first-order valence-corrected chi connectivity index (χ1v) is 5.49. The standard InChI is InChI=1S/C12H14N4O/c1-3-10-6-12(14-8-13-10)16-5-4-11(7-16)15-9(2)17/h1,6,8,11H,4-5,7H2,2H3,(H,15,17). The molecular formula is C12H14N4O. The zero-order valence-corrected chi connectivity index (χ0v) is 9.68. The van der Waals surface area contributed by atoms with Gasteiger partial charge < -0.3 is 10.2 Å². The molecule has 0 bridgehead atoms. The van der Waals surface area contributed by atoms with E-state index in [1.165, 1.54) is 13.3 Å². The number of rotatable bonds is 2. The van der Waals surface area contributed by atoms with Crippen LogP contribution in [0.15, 0.2) is 12.4 Å². The molecule has 0 saturated carbocycles. The summed E-state index contributed by atoms with van der Waals surface area (Å²) in [6.45, 7) is 3.16. The number of terminal acetylenes is 1. The van der Waals surface area contributed by atoms with Crippen molar-refractivity contribution in [1.29, 1.82) is 0 Å². The number of carbonyl (C=O) groups is 1. The van der Waals surface area contributed by atoms with Gasteiger partial charge in [0.05, 0.1) is 0 Å². The van der Waals surface area contributed by atoms with Crippen molar-refractivity contribution in [2.75, 3.05) is 18.0 Å². The van der Waals surface area contributed by atoms with E-state index < -0.39 is 0 Å². The molecule has 2 heterocycles. The molecule has 2 rings (SSSR count). The fourth-order valence-corrected chi connectivity index (χ4v) is 1.97. The maximum Gasteiger partial charge on any atom is 0.217 e. The molecule has 17 heavy (non-hydrogen) atoms. The van der Waals surface area contributed by atoms with E-state index in [2.05, 4.69) is 26.1 Å². The summed E-state index contributed by atoms with van der Waals surface area (Å²) in [5.41, 5.74) is 0.581. The topological polar surface area (TPSA) is 58.1 Å². The summed E-state index contributed by atoms with van der Waals surface area (Å²) in [7, 11) is 0. The number of carbonyl (C=O) groups excluding carboxylic acids is 1. The molecule has 5 nitrogen and oxygen atoms in total. The van der Waals surface area contributed by atoms with Crippen molar-refractivity contribution in [3.05, 3.63) is 18.1 Å². The Bertz CT molecular complexity index is 466. The maximum absolute atomic E-state index is 11.0. The van der Waals surface area contributed by atoms with Crippen molar-refractivity contribution in [3.8, 4) is 12.3 Å². The number of nitrogens with one attached hydrogen (secondary N) is 1. The van der Waals surface area contributed by atoms with Crippen LogP contribution >= 0.6 is 0 Å². The minimum Gasteiger partial charge on any atom is -0.354 e. The fourth-order valence-electron chi connectivity index (χ4n) is 1.97. The Hall–Kier alpha value is -2.09. The molecule has 0 spiro atoms. The lowest BCUT2D eigenvalue weighted by Gasteiger charge is -2.17. The third-order valence-electron chi connectivity index (χ3n) is 2.72. The van der Waals surface area contributed by atoms with Gasteiger partial charge in [0, 0.05) is 32.1 Å². The molecule has 1 unspecified atom stereocenters. The third kappa shape index (κ3) is 2.72. The first-order valence-electron chi connectivity index (χ1n) is 5.49. The van der Waals surface area contributed by atoms with Crippen LogP contribution in [0.4, 0.5) is 5.82 Å². The van der Waals surface area contributed by atoms with Crippen molar-refractivity contribution in [2.24, 2.45) is 0 Å². The monoisotopic (exact) mass is 230 g/mol. The van der Waals surface area contributed by atoms with Gasteiger partial charge in [-0.2, -0.15) is 0 Å². The smallest absolute Gasteiger partial charge is 0.217 e. The van der Waals surface area contributed by atoms with Crippen LogP contribution in [0.2, 0.25) is 0 Å². The van der Waals surface area contributed by atoms with Gasteiger partial charge in [-0.3, -0.25) is 4.79 Å². The Kier molecular flexibility index (Phi) is 3.24. The first-order chi connectivity index (χ1) is 8.19. The molecule has 1 saturated heterocycles. The van der Waals surface area contributed by atoms with Gasteiger partial charge in [0.15, 0.2) is 0 Å². The van der Waals surface area contributed by atoms with E-state index in [0.717, 1.165) is 25.3 Å². The lowest BCUT2D eigenvalue weighted by atomic mass is 10.2. The Labute approximate surface area is 100 Å². The summed E-state index contributed by atoms with van der Waals surface area (Å²) in [5, 5.41) is 2.91. The Morgan fingerprint density at radius 2 is 2.47 bits per heavy atom. The Morgan fingerprint density at radius 1 is 1.65 bits per heavy atom. The summed E-state index contributed by atoms with van der Waals surface area (Å²) in [4.78, 5) is 21.2. The normalized spacial score (nSPS) is 18.8. The van der Waals surface area contributed by atoms with Crippen molar-refractivity contribution in [2.45, 2.75) is 19.4 Å². The van der Waals surface area contributed by atoms with E-state index >= 15 is 0 Å². The van der Waals surface area contributed by atoms with Gasteiger partial charge in [0.25, 0.3) is 0 Å². The van der Waals surface area contributed by atoms with E-state index in [1.807, 2.05) is 0 Å². The molecular weight excluding hydrogens is 216 g/mol. The van der Waals surface area contributed by atoms with Crippen molar-refractivity contribution in [1.82, 2.24) is 15.3 Å². The lowest BCUT2D eigenvalue weighted by Crippen LogP contribution is -2.35. The minimum atomic E-state index is 0.00357. The molecule has 0 aliphatic carbocycles. The molecule has 1 amide bonds. The molecule has 88 valence electrons. The summed E-state index contributed by atoms with van der Waals surface area (Å²) in [6, 6.07) is 1.98. The molecule has 0 radical (unpaired) electrons. The average molecular weight is 230 g/mol. The number of anilines is 1. The number of amides is 1. The number of nitrogens with zero attached hydrogens (tertiary/aromatic N) is 3. The Morgan fingerprint density at radius 3 is 3.18 bits per heavy atom. The van der Waals surface area contributed by atoms with Gasteiger partial charge in [-0.1, -0.05) is 5.92 Å².